The molecule has 0 aliphatic heterocycles. The second kappa shape index (κ2) is 25.3. The standard InChI is InChI=1S/C16H18N2O4S.C16H17NO5S.C16H19NO4S/c1-9(2)7-22-13-5-4-11(6-12(13)17-8-19)15-18-10(3)14(23-15)16(20)21;1-9(2)7-21-12-5-4-11(6-13(12)22-8-18)15-17-10(3)14(23-15)16(19)20;1-9(2)8-21-12-6-5-11(7-13(12)20-4)15-17-10(3)14(22-15)16(18)19/h4-6,8-9H,7H2,1-3H3,(H,17,19)(H,20,21);4-6,8-9H,7H2,1-3H3,(H,19,20);5-7,9H,8H2,1-4H3,(H,18,19). The summed E-state index contributed by atoms with van der Waals surface area (Å²) in [7, 11) is 1.58. The van der Waals surface area contributed by atoms with E-state index in [2.05, 4.69) is 34.1 Å². The van der Waals surface area contributed by atoms with E-state index in [0.29, 0.717) is 117 Å². The Hall–Kier alpha value is -6.90. The Labute approximate surface area is 405 Å². The van der Waals surface area contributed by atoms with Crippen LogP contribution in [0.4, 0.5) is 5.69 Å². The fraction of sp³-hybridized carbons (Fsp3) is 0.333. The second-order valence-corrected chi connectivity index (χ2v) is 19.0. The molecule has 68 heavy (non-hydrogen) atoms. The van der Waals surface area contributed by atoms with Crippen molar-refractivity contribution >= 4 is 70.5 Å². The normalized spacial score (nSPS) is 10.7. The van der Waals surface area contributed by atoms with Crippen LogP contribution in [0, 0.1) is 38.5 Å². The minimum atomic E-state index is -1.01. The lowest BCUT2D eigenvalue weighted by Crippen LogP contribution is -2.07. The van der Waals surface area contributed by atoms with Crippen LogP contribution in [0.25, 0.3) is 31.7 Å². The highest BCUT2D eigenvalue weighted by molar-refractivity contribution is 7.17. The number of anilines is 1. The summed E-state index contributed by atoms with van der Waals surface area (Å²) in [5, 5.41) is 31.8. The molecule has 0 radical (unpaired) electrons. The number of hydrogen-bond acceptors (Lipinski definition) is 16. The van der Waals surface area contributed by atoms with Gasteiger partial charge in [-0.2, -0.15) is 0 Å². The third-order valence-corrected chi connectivity index (χ3v) is 12.5. The zero-order chi connectivity index (χ0) is 50.2. The highest BCUT2D eigenvalue weighted by atomic mass is 32.1. The Morgan fingerprint density at radius 3 is 1.25 bits per heavy atom. The monoisotopic (exact) mass is 990 g/mol. The molecule has 1 amide bonds. The Bertz CT molecular complexity index is 2580. The van der Waals surface area contributed by atoms with Gasteiger partial charge in [-0.3, -0.25) is 9.59 Å². The molecule has 0 aliphatic rings. The Morgan fingerprint density at radius 2 is 0.912 bits per heavy atom. The van der Waals surface area contributed by atoms with Gasteiger partial charge >= 0.3 is 17.9 Å². The molecule has 3 heterocycles. The lowest BCUT2D eigenvalue weighted by atomic mass is 10.2. The van der Waals surface area contributed by atoms with Gasteiger partial charge < -0.3 is 44.3 Å². The van der Waals surface area contributed by atoms with Crippen molar-refractivity contribution < 1.29 is 63.0 Å². The number of aryl methyl sites for hydroxylation is 3. The van der Waals surface area contributed by atoms with Gasteiger partial charge in [0.25, 0.3) is 6.47 Å². The smallest absolute Gasteiger partial charge is 0.347 e. The maximum atomic E-state index is 11.1. The van der Waals surface area contributed by atoms with Crippen molar-refractivity contribution in [3.8, 4) is 60.5 Å². The lowest BCUT2D eigenvalue weighted by Gasteiger charge is -2.13. The number of ether oxygens (including phenoxy) is 5. The van der Waals surface area contributed by atoms with Gasteiger partial charge in [-0.05, 0) is 93.1 Å². The highest BCUT2D eigenvalue weighted by Gasteiger charge is 2.20. The quantitative estimate of drug-likeness (QED) is 0.0520. The molecule has 17 nitrogen and oxygen atoms in total. The zero-order valence-electron chi connectivity index (χ0n) is 39.2. The van der Waals surface area contributed by atoms with Crippen molar-refractivity contribution in [1.82, 2.24) is 15.0 Å². The molecule has 4 N–H and O–H groups in total. The van der Waals surface area contributed by atoms with Crippen molar-refractivity contribution in [3.63, 3.8) is 0 Å². The Balaban J connectivity index is 0.000000222. The van der Waals surface area contributed by atoms with Crippen LogP contribution >= 0.6 is 34.0 Å². The van der Waals surface area contributed by atoms with Gasteiger partial charge in [0.05, 0.1) is 49.7 Å². The summed E-state index contributed by atoms with van der Waals surface area (Å²) in [6, 6.07) is 15.9. The van der Waals surface area contributed by atoms with Gasteiger partial charge in [0.2, 0.25) is 6.41 Å². The highest BCUT2D eigenvalue weighted by Crippen LogP contribution is 2.38. The number of aromatic nitrogens is 3. The van der Waals surface area contributed by atoms with E-state index in [0.717, 1.165) is 45.1 Å². The number of benzene rings is 3. The number of carboxylic acids is 3. The van der Waals surface area contributed by atoms with E-state index in [1.165, 1.54) is 0 Å². The molecule has 0 aliphatic carbocycles. The Morgan fingerprint density at radius 1 is 0.559 bits per heavy atom. The number of methoxy groups -OCH3 is 1. The van der Waals surface area contributed by atoms with Crippen LogP contribution in [-0.2, 0) is 9.59 Å². The molecule has 0 fully saturated rings. The van der Waals surface area contributed by atoms with E-state index in [1.807, 2.05) is 45.9 Å². The fourth-order valence-electron chi connectivity index (χ4n) is 5.71. The van der Waals surface area contributed by atoms with Crippen molar-refractivity contribution in [2.24, 2.45) is 17.8 Å². The number of nitrogens with one attached hydrogen (secondary N) is 1. The number of hydrogen-bond donors (Lipinski definition) is 4. The second-order valence-electron chi connectivity index (χ2n) is 16.0. The van der Waals surface area contributed by atoms with Crippen molar-refractivity contribution in [3.05, 3.63) is 86.3 Å². The van der Waals surface area contributed by atoms with E-state index < -0.39 is 17.9 Å². The van der Waals surface area contributed by atoms with Gasteiger partial charge in [0, 0.05) is 16.7 Å². The summed E-state index contributed by atoms with van der Waals surface area (Å²) in [5.41, 5.74) is 4.19. The molecule has 3 aromatic heterocycles. The number of carbonyl (C=O) groups excluding carboxylic acids is 2. The molecule has 0 unspecified atom stereocenters. The molecular weight excluding hydrogens is 937 g/mol. The molecule has 362 valence electrons. The molecule has 0 bridgehead atoms. The number of rotatable bonds is 20. The molecule has 0 saturated heterocycles. The summed E-state index contributed by atoms with van der Waals surface area (Å²) in [6.45, 7) is 19.2. The molecule has 0 spiro atoms. The summed E-state index contributed by atoms with van der Waals surface area (Å²) in [4.78, 5) is 68.4. The van der Waals surface area contributed by atoms with Gasteiger partial charge in [0.15, 0.2) is 23.0 Å². The SMILES string of the molecule is COc1cc(-c2nc(C)c(C(=O)O)s2)ccc1OCC(C)C.Cc1nc(-c2ccc(OCC(C)C)c(NC=O)c2)sc1C(=O)O.Cc1nc(-c2ccc(OCC(C)C)c(OC=O)c2)sc1C(=O)O. The molecule has 6 aromatic rings. The molecule has 20 heteroatoms. The number of carbonyl (C=O) groups is 5. The average Bonchev–Trinajstić information content (AvgIpc) is 4.01. The molecule has 3 aromatic carbocycles. The van der Waals surface area contributed by atoms with E-state index in [4.69, 9.17) is 39.0 Å². The lowest BCUT2D eigenvalue weighted by molar-refractivity contribution is -0.120. The predicted octanol–water partition coefficient (Wildman–Crippen LogP) is 10.7. The van der Waals surface area contributed by atoms with E-state index in [-0.39, 0.29) is 20.4 Å². The number of nitrogens with zero attached hydrogens (tertiary/aromatic N) is 3. The van der Waals surface area contributed by atoms with Crippen LogP contribution in [0.15, 0.2) is 54.6 Å². The third kappa shape index (κ3) is 15.1. The van der Waals surface area contributed by atoms with Crippen LogP contribution in [0.3, 0.4) is 0 Å². The first-order chi connectivity index (χ1) is 32.3. The number of amides is 1. The molecule has 0 atom stereocenters. The largest absolute Gasteiger partial charge is 0.493 e. The maximum absolute atomic E-state index is 11.1. The van der Waals surface area contributed by atoms with Crippen LogP contribution < -0.4 is 29.0 Å². The van der Waals surface area contributed by atoms with Crippen LogP contribution in [-0.4, -0.2) is 88.0 Å². The molecule has 6 rings (SSSR count). The first-order valence-corrected chi connectivity index (χ1v) is 23.5. The number of carboxylic acid groups (broad SMARTS) is 3. The minimum Gasteiger partial charge on any atom is -0.493 e. The van der Waals surface area contributed by atoms with E-state index in [1.54, 1.807) is 64.3 Å². The van der Waals surface area contributed by atoms with E-state index in [9.17, 15) is 24.0 Å². The number of thiazole rings is 3. The van der Waals surface area contributed by atoms with Crippen molar-refractivity contribution in [2.45, 2.75) is 62.3 Å². The molecule has 0 saturated carbocycles. The zero-order valence-corrected chi connectivity index (χ0v) is 41.6. The Kier molecular flexibility index (Phi) is 20.0. The van der Waals surface area contributed by atoms with Crippen molar-refractivity contribution in [1.29, 1.82) is 0 Å². The van der Waals surface area contributed by atoms with Crippen LogP contribution in [0.1, 0.15) is 87.6 Å². The average molecular weight is 991 g/mol. The van der Waals surface area contributed by atoms with E-state index >= 15 is 0 Å². The predicted molar refractivity (Wildman–Crippen MR) is 262 cm³/mol. The fourth-order valence-corrected chi connectivity index (χ4v) is 8.42. The molecular formula is C48H54N4O13S3. The summed E-state index contributed by atoms with van der Waals surface area (Å²) >= 11 is 3.34. The van der Waals surface area contributed by atoms with Gasteiger partial charge in [-0.25, -0.2) is 29.3 Å². The summed E-state index contributed by atoms with van der Waals surface area (Å²) in [6.07, 6.45) is 0.580. The van der Waals surface area contributed by atoms with Crippen molar-refractivity contribution in [2.75, 3.05) is 32.2 Å². The van der Waals surface area contributed by atoms with Gasteiger partial charge in [0.1, 0.15) is 35.4 Å². The first-order valence-electron chi connectivity index (χ1n) is 21.0. The van der Waals surface area contributed by atoms with Gasteiger partial charge in [-0.15, -0.1) is 34.0 Å². The summed E-state index contributed by atoms with van der Waals surface area (Å²) in [5.74, 6) is 0.758. The third-order valence-electron chi connectivity index (χ3n) is 8.91. The van der Waals surface area contributed by atoms with Crippen LogP contribution in [0.5, 0.6) is 28.7 Å². The topological polar surface area (TPSA) is 243 Å². The minimum absolute atomic E-state index is 0.193. The first kappa shape index (κ1) is 53.7. The summed E-state index contributed by atoms with van der Waals surface area (Å²) < 4.78 is 27.3. The number of aromatic carboxylic acids is 3. The van der Waals surface area contributed by atoms with Crippen LogP contribution in [0.2, 0.25) is 0 Å². The maximum Gasteiger partial charge on any atom is 0.347 e. The van der Waals surface area contributed by atoms with Gasteiger partial charge in [-0.1, -0.05) is 41.5 Å².